The minimum absolute atomic E-state index is 0. The van der Waals surface area contributed by atoms with E-state index in [0.717, 1.165) is 0 Å². The van der Waals surface area contributed by atoms with Crippen molar-refractivity contribution in [3.63, 3.8) is 0 Å². The highest BCUT2D eigenvalue weighted by Gasteiger charge is 2.32. The summed E-state index contributed by atoms with van der Waals surface area (Å²) in [7, 11) is 6.66. The van der Waals surface area contributed by atoms with Crippen molar-refractivity contribution in [1.82, 2.24) is 15.1 Å². The molecule has 0 atom stereocenters. The third kappa shape index (κ3) is 12.8. The highest BCUT2D eigenvalue weighted by molar-refractivity contribution is 5.88. The maximum atomic E-state index is 11.7. The van der Waals surface area contributed by atoms with E-state index in [9.17, 15) is 14.4 Å². The average Bonchev–Trinajstić information content (AvgIpc) is 2.32. The summed E-state index contributed by atoms with van der Waals surface area (Å²) in [5.41, 5.74) is 3.22. The Morgan fingerprint density at radius 2 is 1.15 bits per heavy atom. The highest BCUT2D eigenvalue weighted by Crippen LogP contribution is 2.10. The smallest absolute Gasteiger partial charge is 0.408 e. The minimum Gasteiger partial charge on any atom is -0.444 e. The van der Waals surface area contributed by atoms with E-state index in [0.29, 0.717) is 0 Å². The molecule has 8 nitrogen and oxygen atoms in total. The van der Waals surface area contributed by atoms with Crippen molar-refractivity contribution < 1.29 is 19.1 Å². The SMILES string of the molecule is CN(C)C(=O)C(C)(C)N.CN(C)C(=O)C(C)(C)NC(=O)OC(C)(C)C.Cl. The number of halogens is 1. The lowest BCUT2D eigenvalue weighted by molar-refractivity contribution is -0.134. The van der Waals surface area contributed by atoms with Crippen LogP contribution in [0, 0.1) is 0 Å². The van der Waals surface area contributed by atoms with Gasteiger partial charge in [0.2, 0.25) is 11.8 Å². The molecule has 0 radical (unpaired) electrons. The van der Waals surface area contributed by atoms with Crippen molar-refractivity contribution in [2.24, 2.45) is 5.73 Å². The monoisotopic (exact) mass is 396 g/mol. The van der Waals surface area contributed by atoms with Crippen LogP contribution in [-0.2, 0) is 14.3 Å². The molecule has 0 aromatic heterocycles. The Morgan fingerprint density at radius 1 is 0.808 bits per heavy atom. The molecule has 0 aromatic carbocycles. The molecule has 0 aliphatic rings. The lowest BCUT2D eigenvalue weighted by Gasteiger charge is -2.29. The molecular weight excluding hydrogens is 360 g/mol. The van der Waals surface area contributed by atoms with E-state index in [4.69, 9.17) is 10.5 Å². The molecule has 3 N–H and O–H groups in total. The first-order valence-electron chi connectivity index (χ1n) is 8.05. The number of carbonyl (C=O) groups is 3. The fourth-order valence-electron chi connectivity index (χ4n) is 1.75. The Hall–Kier alpha value is -1.54. The number of nitrogens with one attached hydrogen (secondary N) is 1. The number of rotatable bonds is 3. The van der Waals surface area contributed by atoms with Crippen LogP contribution in [0.5, 0.6) is 0 Å². The first-order chi connectivity index (χ1) is 10.8. The lowest BCUT2D eigenvalue weighted by atomic mass is 10.0. The van der Waals surface area contributed by atoms with E-state index < -0.39 is 22.8 Å². The van der Waals surface area contributed by atoms with E-state index in [1.54, 1.807) is 76.7 Å². The van der Waals surface area contributed by atoms with Gasteiger partial charge < -0.3 is 25.6 Å². The number of carbonyl (C=O) groups excluding carboxylic acids is 3. The lowest BCUT2D eigenvalue weighted by Crippen LogP contribution is -2.55. The van der Waals surface area contributed by atoms with Crippen LogP contribution >= 0.6 is 12.4 Å². The van der Waals surface area contributed by atoms with Crippen molar-refractivity contribution in [2.45, 2.75) is 65.1 Å². The zero-order valence-corrected chi connectivity index (χ0v) is 18.8. The number of amides is 3. The van der Waals surface area contributed by atoms with Gasteiger partial charge >= 0.3 is 6.09 Å². The van der Waals surface area contributed by atoms with Crippen LogP contribution in [0.15, 0.2) is 0 Å². The molecule has 0 rings (SSSR count). The summed E-state index contributed by atoms with van der Waals surface area (Å²) in [5, 5.41) is 2.54. The van der Waals surface area contributed by atoms with Gasteiger partial charge in [-0.2, -0.15) is 0 Å². The zero-order valence-electron chi connectivity index (χ0n) is 18.0. The highest BCUT2D eigenvalue weighted by atomic mass is 35.5. The van der Waals surface area contributed by atoms with E-state index >= 15 is 0 Å². The van der Waals surface area contributed by atoms with Gasteiger partial charge in [-0.15, -0.1) is 12.4 Å². The van der Waals surface area contributed by atoms with Crippen LogP contribution in [0.25, 0.3) is 0 Å². The van der Waals surface area contributed by atoms with Gasteiger partial charge in [0.05, 0.1) is 5.54 Å². The van der Waals surface area contributed by atoms with Gasteiger partial charge in [0.25, 0.3) is 0 Å². The van der Waals surface area contributed by atoms with Crippen LogP contribution < -0.4 is 11.1 Å². The van der Waals surface area contributed by atoms with Gasteiger partial charge in [-0.05, 0) is 48.5 Å². The minimum atomic E-state index is -0.966. The molecule has 26 heavy (non-hydrogen) atoms. The van der Waals surface area contributed by atoms with Crippen LogP contribution in [0.4, 0.5) is 4.79 Å². The summed E-state index contributed by atoms with van der Waals surface area (Å²) in [5.74, 6) is -0.235. The van der Waals surface area contributed by atoms with Gasteiger partial charge in [-0.1, -0.05) is 0 Å². The maximum absolute atomic E-state index is 11.7. The van der Waals surface area contributed by atoms with Gasteiger partial charge in [0, 0.05) is 28.2 Å². The molecule has 0 fully saturated rings. The van der Waals surface area contributed by atoms with Crippen LogP contribution in [-0.4, -0.2) is 72.6 Å². The second-order valence-corrected chi connectivity index (χ2v) is 8.37. The number of hydrogen-bond acceptors (Lipinski definition) is 5. The Kier molecular flexibility index (Phi) is 11.9. The standard InChI is InChI=1S/C11H22N2O3.C6H14N2O.ClH/c1-10(2,3)16-9(15)12-11(4,5)8(14)13(6)7;1-6(2,7)5(9)8(3)4;/h1-7H3,(H,12,15);7H2,1-4H3;1H. The summed E-state index contributed by atoms with van der Waals surface area (Å²) in [4.78, 5) is 37.1. The second-order valence-electron chi connectivity index (χ2n) is 8.37. The molecule has 0 bridgehead atoms. The van der Waals surface area contributed by atoms with Crippen molar-refractivity contribution >= 4 is 30.3 Å². The van der Waals surface area contributed by atoms with Crippen molar-refractivity contribution in [3.05, 3.63) is 0 Å². The zero-order chi connectivity index (χ0) is 20.8. The van der Waals surface area contributed by atoms with Gasteiger partial charge in [0.1, 0.15) is 11.1 Å². The Bertz CT molecular complexity index is 478. The van der Waals surface area contributed by atoms with E-state index in [-0.39, 0.29) is 24.2 Å². The quantitative estimate of drug-likeness (QED) is 0.753. The number of likely N-dealkylation sites (N-methyl/N-ethyl adjacent to an activating group) is 2. The van der Waals surface area contributed by atoms with Crippen LogP contribution in [0.2, 0.25) is 0 Å². The maximum Gasteiger partial charge on any atom is 0.408 e. The van der Waals surface area contributed by atoms with E-state index in [2.05, 4.69) is 5.32 Å². The summed E-state index contributed by atoms with van der Waals surface area (Å²) in [6.07, 6.45) is -0.590. The number of nitrogens with two attached hydrogens (primary N) is 1. The Balaban J connectivity index is -0.000000453. The van der Waals surface area contributed by atoms with Gasteiger partial charge in [-0.25, -0.2) is 4.79 Å². The molecule has 0 aliphatic carbocycles. The molecule has 0 aromatic rings. The summed E-state index contributed by atoms with van der Waals surface area (Å²) in [6, 6.07) is 0. The van der Waals surface area contributed by atoms with Crippen LogP contribution in [0.3, 0.4) is 0 Å². The number of ether oxygens (including phenoxy) is 1. The van der Waals surface area contributed by atoms with Crippen molar-refractivity contribution in [3.8, 4) is 0 Å². The third-order valence-electron chi connectivity index (χ3n) is 2.71. The molecular formula is C17H37ClN4O4. The molecule has 9 heteroatoms. The second kappa shape index (κ2) is 10.6. The topological polar surface area (TPSA) is 105 Å². The molecule has 0 saturated heterocycles. The summed E-state index contributed by atoms with van der Waals surface area (Å²) in [6.45, 7) is 12.0. The van der Waals surface area contributed by atoms with Crippen molar-refractivity contribution in [1.29, 1.82) is 0 Å². The molecule has 156 valence electrons. The van der Waals surface area contributed by atoms with Gasteiger partial charge in [0.15, 0.2) is 0 Å². The number of hydrogen-bond donors (Lipinski definition) is 2. The molecule has 3 amide bonds. The Labute approximate surface area is 164 Å². The number of alkyl carbamates (subject to hydrolysis) is 1. The normalized spacial score (nSPS) is 11.2. The predicted octanol–water partition coefficient (Wildman–Crippen LogP) is 1.61. The summed E-state index contributed by atoms with van der Waals surface area (Å²) >= 11 is 0. The van der Waals surface area contributed by atoms with Crippen molar-refractivity contribution in [2.75, 3.05) is 28.2 Å². The molecule has 0 unspecified atom stereocenters. The fraction of sp³-hybridized carbons (Fsp3) is 0.824. The number of nitrogens with zero attached hydrogens (tertiary/aromatic N) is 2. The summed E-state index contributed by atoms with van der Waals surface area (Å²) < 4.78 is 5.08. The third-order valence-corrected chi connectivity index (χ3v) is 2.71. The van der Waals surface area contributed by atoms with E-state index in [1.807, 2.05) is 0 Å². The van der Waals surface area contributed by atoms with E-state index in [1.165, 1.54) is 9.80 Å². The molecule has 0 heterocycles. The molecule has 0 spiro atoms. The average molecular weight is 397 g/mol. The molecule has 0 aliphatic heterocycles. The largest absolute Gasteiger partial charge is 0.444 e. The first kappa shape index (κ1) is 29.2. The molecule has 0 saturated carbocycles. The Morgan fingerprint density at radius 3 is 1.35 bits per heavy atom. The van der Waals surface area contributed by atoms with Crippen LogP contribution in [0.1, 0.15) is 48.5 Å². The van der Waals surface area contributed by atoms with Gasteiger partial charge in [-0.3, -0.25) is 9.59 Å². The predicted molar refractivity (Wildman–Crippen MR) is 106 cm³/mol. The fourth-order valence-corrected chi connectivity index (χ4v) is 1.75. The first-order valence-corrected chi connectivity index (χ1v) is 8.05.